The Morgan fingerprint density at radius 1 is 1.48 bits per heavy atom. The van der Waals surface area contributed by atoms with Crippen LogP contribution >= 0.6 is 11.6 Å². The molecule has 1 atom stereocenters. The van der Waals surface area contributed by atoms with Gasteiger partial charge >= 0.3 is 0 Å². The van der Waals surface area contributed by atoms with Crippen molar-refractivity contribution in [1.82, 2.24) is 20.2 Å². The fourth-order valence-corrected chi connectivity index (χ4v) is 2.20. The molecule has 2 aromatic rings. The summed E-state index contributed by atoms with van der Waals surface area (Å²) in [5.41, 5.74) is 7.22. The number of hydrogen-bond acceptors (Lipinski definition) is 6. The summed E-state index contributed by atoms with van der Waals surface area (Å²) in [5, 5.41) is 15.1. The van der Waals surface area contributed by atoms with E-state index in [-0.39, 0.29) is 6.04 Å². The van der Waals surface area contributed by atoms with Crippen molar-refractivity contribution >= 4 is 17.3 Å². The van der Waals surface area contributed by atoms with Crippen molar-refractivity contribution in [3.05, 3.63) is 29.5 Å². The van der Waals surface area contributed by atoms with Gasteiger partial charge in [-0.1, -0.05) is 11.6 Å². The van der Waals surface area contributed by atoms with Crippen molar-refractivity contribution in [2.45, 2.75) is 18.9 Å². The van der Waals surface area contributed by atoms with Crippen molar-refractivity contribution in [2.24, 2.45) is 5.73 Å². The summed E-state index contributed by atoms with van der Waals surface area (Å²) in [4.78, 5) is 0. The van der Waals surface area contributed by atoms with Gasteiger partial charge < -0.3 is 15.8 Å². The number of methoxy groups -OCH3 is 1. The second-order valence-corrected chi connectivity index (χ2v) is 5.05. The first-order chi connectivity index (χ1) is 10.2. The number of nitrogens with two attached hydrogens (primary N) is 1. The molecule has 1 heterocycles. The van der Waals surface area contributed by atoms with Crippen molar-refractivity contribution in [2.75, 3.05) is 25.6 Å². The molecule has 114 valence electrons. The zero-order valence-electron chi connectivity index (χ0n) is 11.9. The van der Waals surface area contributed by atoms with Gasteiger partial charge in [0.05, 0.1) is 23.0 Å². The quantitative estimate of drug-likeness (QED) is 0.767. The van der Waals surface area contributed by atoms with Crippen LogP contribution < -0.4 is 11.1 Å². The molecule has 1 aromatic heterocycles. The molecule has 0 spiro atoms. The third-order valence-corrected chi connectivity index (χ3v) is 3.38. The van der Waals surface area contributed by atoms with E-state index in [1.54, 1.807) is 11.8 Å². The first kappa shape index (κ1) is 15.7. The summed E-state index contributed by atoms with van der Waals surface area (Å²) < 4.78 is 6.81. The molecule has 2 rings (SSSR count). The van der Waals surface area contributed by atoms with Crippen LogP contribution in [-0.2, 0) is 4.74 Å². The Morgan fingerprint density at radius 3 is 3.00 bits per heavy atom. The van der Waals surface area contributed by atoms with Crippen LogP contribution in [0.4, 0.5) is 5.69 Å². The molecule has 1 unspecified atom stereocenters. The molecule has 0 radical (unpaired) electrons. The largest absolute Gasteiger partial charge is 0.383 e. The number of tetrazole rings is 1. The Morgan fingerprint density at radius 2 is 2.33 bits per heavy atom. The van der Waals surface area contributed by atoms with Crippen LogP contribution in [0.5, 0.6) is 0 Å². The molecule has 0 aliphatic heterocycles. The molecule has 0 saturated carbocycles. The standard InChI is InChI=1S/C13H19ClN6O/c1-21-8-10(3-2-6-15)17-13-7-11(4-5-12(13)14)20-9-16-18-19-20/h4-5,7,9-10,17H,2-3,6,8,15H2,1H3. The molecule has 0 aliphatic carbocycles. The summed E-state index contributed by atoms with van der Waals surface area (Å²) in [6.07, 6.45) is 3.37. The van der Waals surface area contributed by atoms with Gasteiger partial charge in [-0.3, -0.25) is 0 Å². The van der Waals surface area contributed by atoms with Crippen molar-refractivity contribution in [3.63, 3.8) is 0 Å². The fourth-order valence-electron chi connectivity index (χ4n) is 2.03. The number of halogens is 1. The number of rotatable bonds is 8. The van der Waals surface area contributed by atoms with Crippen LogP contribution in [-0.4, -0.2) is 46.5 Å². The summed E-state index contributed by atoms with van der Waals surface area (Å²) in [6.45, 7) is 1.24. The van der Waals surface area contributed by atoms with Gasteiger partial charge in [0.25, 0.3) is 0 Å². The highest BCUT2D eigenvalue weighted by molar-refractivity contribution is 6.33. The lowest BCUT2D eigenvalue weighted by Crippen LogP contribution is -2.26. The second-order valence-electron chi connectivity index (χ2n) is 4.65. The average molecular weight is 311 g/mol. The van der Waals surface area contributed by atoms with Crippen molar-refractivity contribution in [1.29, 1.82) is 0 Å². The van der Waals surface area contributed by atoms with Crippen LogP contribution in [0.25, 0.3) is 5.69 Å². The summed E-state index contributed by atoms with van der Waals surface area (Å²) >= 11 is 6.25. The number of benzene rings is 1. The summed E-state index contributed by atoms with van der Waals surface area (Å²) in [5.74, 6) is 0. The minimum Gasteiger partial charge on any atom is -0.383 e. The Bertz CT molecular complexity index is 548. The lowest BCUT2D eigenvalue weighted by Gasteiger charge is -2.20. The average Bonchev–Trinajstić information content (AvgIpc) is 3.01. The van der Waals surface area contributed by atoms with E-state index < -0.39 is 0 Å². The highest BCUT2D eigenvalue weighted by Crippen LogP contribution is 2.25. The Kier molecular flexibility index (Phi) is 5.91. The zero-order valence-corrected chi connectivity index (χ0v) is 12.6. The monoisotopic (exact) mass is 310 g/mol. The van der Waals surface area contributed by atoms with Gasteiger partial charge in [0.1, 0.15) is 6.33 Å². The molecule has 0 fully saturated rings. The smallest absolute Gasteiger partial charge is 0.143 e. The Labute approximate surface area is 128 Å². The fraction of sp³-hybridized carbons (Fsp3) is 0.462. The van der Waals surface area contributed by atoms with Crippen LogP contribution in [0.2, 0.25) is 5.02 Å². The highest BCUT2D eigenvalue weighted by atomic mass is 35.5. The van der Waals surface area contributed by atoms with Gasteiger partial charge in [-0.15, -0.1) is 5.10 Å². The molecule has 0 amide bonds. The number of anilines is 1. The van der Waals surface area contributed by atoms with Crippen LogP contribution in [0, 0.1) is 0 Å². The van der Waals surface area contributed by atoms with E-state index in [1.165, 1.54) is 6.33 Å². The van der Waals surface area contributed by atoms with E-state index in [4.69, 9.17) is 22.1 Å². The minimum absolute atomic E-state index is 0.153. The SMILES string of the molecule is COCC(CCCN)Nc1cc(-n2cnnn2)ccc1Cl. The first-order valence-electron chi connectivity index (χ1n) is 6.73. The van der Waals surface area contributed by atoms with Gasteiger partial charge in [0.15, 0.2) is 0 Å². The predicted octanol–water partition coefficient (Wildman–Crippen LogP) is 1.48. The van der Waals surface area contributed by atoms with E-state index >= 15 is 0 Å². The summed E-state index contributed by atoms with van der Waals surface area (Å²) in [6, 6.07) is 5.73. The maximum atomic E-state index is 6.25. The van der Waals surface area contributed by atoms with Crippen molar-refractivity contribution < 1.29 is 4.74 Å². The normalized spacial score (nSPS) is 12.3. The third-order valence-electron chi connectivity index (χ3n) is 3.05. The molecular weight excluding hydrogens is 292 g/mol. The number of nitrogens with one attached hydrogen (secondary N) is 1. The predicted molar refractivity (Wildman–Crippen MR) is 81.7 cm³/mol. The minimum atomic E-state index is 0.153. The van der Waals surface area contributed by atoms with E-state index in [1.807, 2.05) is 18.2 Å². The highest BCUT2D eigenvalue weighted by Gasteiger charge is 2.11. The molecule has 1 aromatic carbocycles. The Balaban J connectivity index is 2.15. The van der Waals surface area contributed by atoms with Gasteiger partial charge in [-0.25, -0.2) is 4.68 Å². The molecule has 0 saturated heterocycles. The van der Waals surface area contributed by atoms with Gasteiger partial charge in [0.2, 0.25) is 0 Å². The topological polar surface area (TPSA) is 90.9 Å². The van der Waals surface area contributed by atoms with Crippen LogP contribution in [0.3, 0.4) is 0 Å². The maximum absolute atomic E-state index is 6.25. The van der Waals surface area contributed by atoms with E-state index in [2.05, 4.69) is 20.8 Å². The number of hydrogen-bond donors (Lipinski definition) is 2. The lowest BCUT2D eigenvalue weighted by molar-refractivity contribution is 0.182. The Hall–Kier alpha value is -1.70. The lowest BCUT2D eigenvalue weighted by atomic mass is 10.1. The first-order valence-corrected chi connectivity index (χ1v) is 7.11. The molecule has 3 N–H and O–H groups in total. The molecule has 0 aliphatic rings. The van der Waals surface area contributed by atoms with Gasteiger partial charge in [-0.05, 0) is 48.0 Å². The van der Waals surface area contributed by atoms with E-state index in [9.17, 15) is 0 Å². The maximum Gasteiger partial charge on any atom is 0.143 e. The van der Waals surface area contributed by atoms with Gasteiger partial charge in [0, 0.05) is 13.2 Å². The number of nitrogens with zero attached hydrogens (tertiary/aromatic N) is 4. The number of ether oxygens (including phenoxy) is 1. The van der Waals surface area contributed by atoms with Gasteiger partial charge in [-0.2, -0.15) is 0 Å². The molecule has 8 heteroatoms. The number of aromatic nitrogens is 4. The van der Waals surface area contributed by atoms with E-state index in [0.29, 0.717) is 18.2 Å². The van der Waals surface area contributed by atoms with Crippen molar-refractivity contribution in [3.8, 4) is 5.69 Å². The zero-order chi connectivity index (χ0) is 15.1. The van der Waals surface area contributed by atoms with Crippen LogP contribution in [0.15, 0.2) is 24.5 Å². The molecule has 0 bridgehead atoms. The molecular formula is C13H19ClN6O. The second kappa shape index (κ2) is 7.92. The molecule has 21 heavy (non-hydrogen) atoms. The summed E-state index contributed by atoms with van der Waals surface area (Å²) in [7, 11) is 1.68. The third kappa shape index (κ3) is 4.38. The van der Waals surface area contributed by atoms with Crippen LogP contribution in [0.1, 0.15) is 12.8 Å². The van der Waals surface area contributed by atoms with E-state index in [0.717, 1.165) is 24.2 Å². The molecule has 7 nitrogen and oxygen atoms in total.